The van der Waals surface area contributed by atoms with Gasteiger partial charge < -0.3 is 16.0 Å². The van der Waals surface area contributed by atoms with Crippen LogP contribution in [0.5, 0.6) is 0 Å². The quantitative estimate of drug-likeness (QED) is 0.549. The van der Waals surface area contributed by atoms with Crippen molar-refractivity contribution < 1.29 is 14.4 Å². The van der Waals surface area contributed by atoms with Crippen molar-refractivity contribution in [2.24, 2.45) is 0 Å². The molecule has 0 spiro atoms. The lowest BCUT2D eigenvalue weighted by Gasteiger charge is -2.22. The Morgan fingerprint density at radius 2 is 1.95 bits per heavy atom. The van der Waals surface area contributed by atoms with Gasteiger partial charge in [-0.05, 0) is 19.3 Å². The highest BCUT2D eigenvalue weighted by Crippen LogP contribution is 2.17. The van der Waals surface area contributed by atoms with Crippen LogP contribution >= 0.6 is 0 Å². The molecule has 2 rings (SSSR count). The van der Waals surface area contributed by atoms with Gasteiger partial charge in [0.25, 0.3) is 5.91 Å². The Labute approximate surface area is 111 Å². The molecule has 1 saturated carbocycles. The Hall–Kier alpha value is -1.79. The second kappa shape index (κ2) is 6.40. The van der Waals surface area contributed by atoms with Crippen molar-refractivity contribution in [3.05, 3.63) is 0 Å². The van der Waals surface area contributed by atoms with Crippen molar-refractivity contribution in [2.75, 3.05) is 6.54 Å². The van der Waals surface area contributed by atoms with Crippen LogP contribution in [0.3, 0.4) is 0 Å². The maximum Gasteiger partial charge on any atom is 0.322 e. The number of carbonyl (C=O) groups is 3. The Balaban J connectivity index is 1.61. The van der Waals surface area contributed by atoms with Gasteiger partial charge in [-0.1, -0.05) is 19.3 Å². The number of urea groups is 2. The van der Waals surface area contributed by atoms with E-state index in [1.165, 1.54) is 19.3 Å². The van der Waals surface area contributed by atoms with Gasteiger partial charge in [0.05, 0.1) is 0 Å². The van der Waals surface area contributed by atoms with Crippen LogP contribution in [0.1, 0.15) is 38.5 Å². The average Bonchev–Trinajstić information content (AvgIpc) is 2.69. The Bertz CT molecular complexity index is 366. The lowest BCUT2D eigenvalue weighted by atomic mass is 9.96. The minimum Gasteiger partial charge on any atom is -0.338 e. The summed E-state index contributed by atoms with van der Waals surface area (Å²) in [7, 11) is 0. The lowest BCUT2D eigenvalue weighted by Crippen LogP contribution is -2.44. The fraction of sp³-hybridized carbons (Fsp3) is 0.750. The summed E-state index contributed by atoms with van der Waals surface area (Å²) in [6, 6.07) is -0.941. The van der Waals surface area contributed by atoms with Crippen molar-refractivity contribution >= 4 is 18.0 Å². The predicted molar refractivity (Wildman–Crippen MR) is 68.5 cm³/mol. The van der Waals surface area contributed by atoms with Crippen LogP contribution in [-0.2, 0) is 4.79 Å². The number of nitrogens with one attached hydrogen (secondary N) is 4. The molecule has 2 aliphatic rings. The predicted octanol–water partition coefficient (Wildman–Crippen LogP) is 0.216. The number of imide groups is 1. The Morgan fingerprint density at radius 1 is 1.21 bits per heavy atom. The van der Waals surface area contributed by atoms with Gasteiger partial charge in [-0.15, -0.1) is 0 Å². The van der Waals surface area contributed by atoms with Crippen molar-refractivity contribution in [3.8, 4) is 0 Å². The molecule has 0 aromatic heterocycles. The Kier molecular flexibility index (Phi) is 4.59. The summed E-state index contributed by atoms with van der Waals surface area (Å²) < 4.78 is 0. The average molecular weight is 268 g/mol. The number of amides is 5. The molecular weight excluding hydrogens is 248 g/mol. The number of hydrogen-bond acceptors (Lipinski definition) is 3. The highest BCUT2D eigenvalue weighted by molar-refractivity contribution is 6.04. The monoisotopic (exact) mass is 268 g/mol. The van der Waals surface area contributed by atoms with Crippen molar-refractivity contribution in [1.82, 2.24) is 21.3 Å². The summed E-state index contributed by atoms with van der Waals surface area (Å²) in [4.78, 5) is 33.8. The van der Waals surface area contributed by atoms with Gasteiger partial charge >= 0.3 is 12.1 Å². The van der Waals surface area contributed by atoms with Gasteiger partial charge in [0.2, 0.25) is 0 Å². The third-order valence-corrected chi connectivity index (χ3v) is 3.52. The maximum absolute atomic E-state index is 11.6. The number of rotatable bonds is 4. The minimum atomic E-state index is -0.539. The number of hydrogen-bond donors (Lipinski definition) is 4. The molecule has 4 N–H and O–H groups in total. The van der Waals surface area contributed by atoms with Crippen LogP contribution in [0, 0.1) is 0 Å². The summed E-state index contributed by atoms with van der Waals surface area (Å²) >= 11 is 0. The van der Waals surface area contributed by atoms with Crippen LogP contribution in [-0.4, -0.2) is 36.6 Å². The molecule has 0 bridgehead atoms. The summed E-state index contributed by atoms with van der Waals surface area (Å²) in [6.07, 6.45) is 6.05. The molecule has 1 heterocycles. The van der Waals surface area contributed by atoms with Crippen molar-refractivity contribution in [3.63, 3.8) is 0 Å². The third kappa shape index (κ3) is 4.11. The second-order valence-corrected chi connectivity index (χ2v) is 5.04. The first-order chi connectivity index (χ1) is 9.15. The first kappa shape index (κ1) is 13.6. The topological polar surface area (TPSA) is 99.3 Å². The molecule has 2 fully saturated rings. The molecule has 0 radical (unpaired) electrons. The van der Waals surface area contributed by atoms with Crippen molar-refractivity contribution in [2.45, 2.75) is 50.6 Å². The van der Waals surface area contributed by atoms with Crippen molar-refractivity contribution in [1.29, 1.82) is 0 Å². The van der Waals surface area contributed by atoms with Crippen LogP contribution in [0.4, 0.5) is 9.59 Å². The normalized spacial score (nSPS) is 23.7. The standard InChI is InChI=1S/C12H20N4O3/c17-10-9(15-12(19)16-10)6-7-13-11(18)14-8-4-2-1-3-5-8/h8-9H,1-7H2,(H2,13,14,18)(H2,15,16,17,19). The van der Waals surface area contributed by atoms with E-state index in [1.54, 1.807) is 0 Å². The second-order valence-electron chi connectivity index (χ2n) is 5.04. The molecule has 0 aromatic rings. The summed E-state index contributed by atoms with van der Waals surface area (Å²) in [6.45, 7) is 0.358. The minimum absolute atomic E-state index is 0.198. The van der Waals surface area contributed by atoms with Gasteiger partial charge in [0.15, 0.2) is 0 Å². The molecule has 7 heteroatoms. The first-order valence-corrected chi connectivity index (χ1v) is 6.81. The van der Waals surface area contributed by atoms with Crippen LogP contribution < -0.4 is 21.3 Å². The van der Waals surface area contributed by atoms with E-state index in [4.69, 9.17) is 0 Å². The Morgan fingerprint density at radius 3 is 2.58 bits per heavy atom. The zero-order valence-electron chi connectivity index (χ0n) is 10.8. The highest BCUT2D eigenvalue weighted by Gasteiger charge is 2.28. The van der Waals surface area contributed by atoms with Crippen LogP contribution in [0.15, 0.2) is 0 Å². The van der Waals surface area contributed by atoms with Gasteiger partial charge in [-0.3, -0.25) is 10.1 Å². The molecule has 1 saturated heterocycles. The van der Waals surface area contributed by atoms with E-state index in [0.29, 0.717) is 13.0 Å². The van der Waals surface area contributed by atoms with Gasteiger partial charge in [0, 0.05) is 12.6 Å². The fourth-order valence-electron chi connectivity index (χ4n) is 2.48. The number of carbonyl (C=O) groups excluding carboxylic acids is 3. The van der Waals surface area contributed by atoms with E-state index in [9.17, 15) is 14.4 Å². The molecule has 1 aliphatic carbocycles. The van der Waals surface area contributed by atoms with Gasteiger partial charge in [0.1, 0.15) is 6.04 Å². The van der Waals surface area contributed by atoms with E-state index in [2.05, 4.69) is 21.3 Å². The molecule has 7 nitrogen and oxygen atoms in total. The van der Waals surface area contributed by atoms with Gasteiger partial charge in [-0.2, -0.15) is 0 Å². The van der Waals surface area contributed by atoms with Crippen LogP contribution in [0.25, 0.3) is 0 Å². The summed E-state index contributed by atoms with van der Waals surface area (Å²) in [5.74, 6) is -0.334. The molecule has 1 atom stereocenters. The van der Waals surface area contributed by atoms with E-state index in [0.717, 1.165) is 12.8 Å². The molecular formula is C12H20N4O3. The lowest BCUT2D eigenvalue weighted by molar-refractivity contribution is -0.120. The smallest absolute Gasteiger partial charge is 0.322 e. The highest BCUT2D eigenvalue weighted by atomic mass is 16.2. The molecule has 19 heavy (non-hydrogen) atoms. The van der Waals surface area contributed by atoms with E-state index in [-0.39, 0.29) is 18.0 Å². The largest absolute Gasteiger partial charge is 0.338 e. The van der Waals surface area contributed by atoms with E-state index >= 15 is 0 Å². The molecule has 0 aromatic carbocycles. The van der Waals surface area contributed by atoms with E-state index in [1.807, 2.05) is 0 Å². The zero-order valence-corrected chi connectivity index (χ0v) is 10.8. The van der Waals surface area contributed by atoms with E-state index < -0.39 is 12.1 Å². The zero-order chi connectivity index (χ0) is 13.7. The summed E-state index contributed by atoms with van der Waals surface area (Å²) in [5.41, 5.74) is 0. The molecule has 5 amide bonds. The molecule has 1 unspecified atom stereocenters. The maximum atomic E-state index is 11.6. The third-order valence-electron chi connectivity index (χ3n) is 3.52. The SMILES string of the molecule is O=C(NCCC1NC(=O)NC1=O)NC1CCCCC1. The fourth-order valence-corrected chi connectivity index (χ4v) is 2.48. The first-order valence-electron chi connectivity index (χ1n) is 6.81. The van der Waals surface area contributed by atoms with Crippen LogP contribution in [0.2, 0.25) is 0 Å². The molecule has 1 aliphatic heterocycles. The van der Waals surface area contributed by atoms with Gasteiger partial charge in [-0.25, -0.2) is 9.59 Å². The molecule has 106 valence electrons. The summed E-state index contributed by atoms with van der Waals surface area (Å²) in [5, 5.41) is 10.3.